The standard InChI is InChI=1S/C79H94N2/c1-6-9-12-15-18-20-23-28-55-79(56-29-24-21-19-16-13-10-7-2)75-57-61(5)35-52-71(75)72-53-42-66(59-76(72)79)64-40-50-69(51-41-64)80(67-44-33-60(4)34-45-67)68-48-38-63(39-49-68)65-43-54-78-74(58-65)73-31-26-27-32-77(73)81(78)70-46-36-62(37-47-70)30-25-22-17-14-11-8-3/h26-27,31-54,57-59H,6-25,28-30,55-56H2,1-5H3. The van der Waals surface area contributed by atoms with E-state index in [4.69, 9.17) is 0 Å². The number of anilines is 3. The smallest absolute Gasteiger partial charge is 0.0541 e. The summed E-state index contributed by atoms with van der Waals surface area (Å²) in [6, 6.07) is 67.8. The molecule has 0 fully saturated rings. The Morgan fingerprint density at radius 3 is 1.35 bits per heavy atom. The molecule has 0 spiro atoms. The Kier molecular flexibility index (Phi) is 20.2. The van der Waals surface area contributed by atoms with Crippen molar-refractivity contribution in [1.82, 2.24) is 4.57 Å². The largest absolute Gasteiger partial charge is 0.311 e. The average Bonchev–Trinajstić information content (AvgIpc) is 3.88. The van der Waals surface area contributed by atoms with E-state index in [1.165, 1.54) is 232 Å². The summed E-state index contributed by atoms with van der Waals surface area (Å²) in [5, 5.41) is 2.57. The van der Waals surface area contributed by atoms with Crippen molar-refractivity contribution >= 4 is 38.9 Å². The molecule has 9 aromatic rings. The SMILES string of the molecule is CCCCCCCCCCC1(CCCCCCCCCC)c2cc(C)ccc2-c2ccc(-c3ccc(N(c4ccc(C)cc4)c4ccc(-c5ccc6c(c5)c5ccccc5n6-c5ccc(CCCCCCCC)cc5)cc4)cc3)cc21. The highest BCUT2D eigenvalue weighted by Gasteiger charge is 2.42. The molecule has 10 rings (SSSR count). The van der Waals surface area contributed by atoms with E-state index in [9.17, 15) is 0 Å². The van der Waals surface area contributed by atoms with Gasteiger partial charge in [-0.25, -0.2) is 0 Å². The zero-order valence-electron chi connectivity index (χ0n) is 50.3. The Hall–Kier alpha value is -6.64. The minimum absolute atomic E-state index is 0.0510. The second-order valence-corrected chi connectivity index (χ2v) is 24.4. The molecule has 2 heteroatoms. The molecule has 0 saturated heterocycles. The van der Waals surface area contributed by atoms with E-state index in [-0.39, 0.29) is 5.41 Å². The number of para-hydroxylation sites is 1. The molecule has 0 bridgehead atoms. The van der Waals surface area contributed by atoms with Gasteiger partial charge in [0.2, 0.25) is 0 Å². The van der Waals surface area contributed by atoms with Crippen LogP contribution < -0.4 is 4.90 Å². The van der Waals surface area contributed by atoms with Crippen molar-refractivity contribution in [3.8, 4) is 39.1 Å². The third kappa shape index (κ3) is 13.7. The third-order valence-corrected chi connectivity index (χ3v) is 18.3. The second-order valence-electron chi connectivity index (χ2n) is 24.4. The predicted octanol–water partition coefficient (Wildman–Crippen LogP) is 24.4. The maximum absolute atomic E-state index is 2.62. The van der Waals surface area contributed by atoms with Crippen molar-refractivity contribution in [2.75, 3.05) is 4.90 Å². The minimum Gasteiger partial charge on any atom is -0.311 e. The molecule has 0 radical (unpaired) electrons. The van der Waals surface area contributed by atoms with E-state index in [1.54, 1.807) is 11.1 Å². The van der Waals surface area contributed by atoms with Gasteiger partial charge in [0.25, 0.3) is 0 Å². The third-order valence-electron chi connectivity index (χ3n) is 18.3. The zero-order chi connectivity index (χ0) is 55.8. The number of unbranched alkanes of at least 4 members (excludes halogenated alkanes) is 19. The topological polar surface area (TPSA) is 8.17 Å². The number of aromatic nitrogens is 1. The van der Waals surface area contributed by atoms with Crippen LogP contribution in [0, 0.1) is 13.8 Å². The summed E-state index contributed by atoms with van der Waals surface area (Å²) in [5.74, 6) is 0. The summed E-state index contributed by atoms with van der Waals surface area (Å²) < 4.78 is 2.45. The highest BCUT2D eigenvalue weighted by atomic mass is 15.1. The lowest BCUT2D eigenvalue weighted by molar-refractivity contribution is 0.397. The molecule has 2 nitrogen and oxygen atoms in total. The van der Waals surface area contributed by atoms with Gasteiger partial charge < -0.3 is 9.47 Å². The number of hydrogen-bond acceptors (Lipinski definition) is 1. The van der Waals surface area contributed by atoms with Gasteiger partial charge in [-0.1, -0.05) is 270 Å². The summed E-state index contributed by atoms with van der Waals surface area (Å²) in [6.45, 7) is 11.4. The van der Waals surface area contributed by atoms with Gasteiger partial charge in [0.1, 0.15) is 0 Å². The van der Waals surface area contributed by atoms with Crippen LogP contribution in [-0.2, 0) is 11.8 Å². The lowest BCUT2D eigenvalue weighted by Gasteiger charge is -2.33. The minimum atomic E-state index is 0.0510. The number of aryl methyl sites for hydroxylation is 3. The van der Waals surface area contributed by atoms with Crippen LogP contribution in [0.5, 0.6) is 0 Å². The summed E-state index contributed by atoms with van der Waals surface area (Å²) in [5.41, 5.74) is 22.4. The Balaban J connectivity index is 0.911. The van der Waals surface area contributed by atoms with Crippen molar-refractivity contribution in [3.63, 3.8) is 0 Å². The van der Waals surface area contributed by atoms with Crippen molar-refractivity contribution in [1.29, 1.82) is 0 Å². The monoisotopic (exact) mass is 1070 g/mol. The van der Waals surface area contributed by atoms with Crippen molar-refractivity contribution in [3.05, 3.63) is 204 Å². The lowest BCUT2D eigenvalue weighted by atomic mass is 9.70. The normalized spacial score (nSPS) is 12.6. The predicted molar refractivity (Wildman–Crippen MR) is 354 cm³/mol. The fourth-order valence-corrected chi connectivity index (χ4v) is 13.7. The first kappa shape index (κ1) is 57.6. The molecular formula is C79H94N2. The second kappa shape index (κ2) is 28.4. The first-order chi connectivity index (χ1) is 39.9. The van der Waals surface area contributed by atoms with E-state index in [0.29, 0.717) is 0 Å². The number of rotatable bonds is 31. The van der Waals surface area contributed by atoms with E-state index in [1.807, 2.05) is 0 Å². The Morgan fingerprint density at radius 1 is 0.346 bits per heavy atom. The average molecular weight is 1070 g/mol. The number of fused-ring (bicyclic) bond motifs is 6. The van der Waals surface area contributed by atoms with Crippen molar-refractivity contribution in [2.45, 2.75) is 201 Å². The molecule has 8 aromatic carbocycles. The zero-order valence-corrected chi connectivity index (χ0v) is 50.3. The van der Waals surface area contributed by atoms with Crippen molar-refractivity contribution < 1.29 is 0 Å². The van der Waals surface area contributed by atoms with Crippen LogP contribution in [0.4, 0.5) is 17.1 Å². The van der Waals surface area contributed by atoms with Crippen LogP contribution in [0.1, 0.15) is 203 Å². The van der Waals surface area contributed by atoms with Crippen molar-refractivity contribution in [2.24, 2.45) is 0 Å². The first-order valence-corrected chi connectivity index (χ1v) is 32.4. The van der Waals surface area contributed by atoms with Gasteiger partial charge in [-0.3, -0.25) is 0 Å². The van der Waals surface area contributed by atoms with Gasteiger partial charge in [-0.2, -0.15) is 0 Å². The Morgan fingerprint density at radius 2 is 0.778 bits per heavy atom. The maximum Gasteiger partial charge on any atom is 0.0541 e. The molecule has 0 atom stereocenters. The molecule has 0 N–H and O–H groups in total. The molecule has 0 unspecified atom stereocenters. The van der Waals surface area contributed by atoms with Gasteiger partial charge in [0, 0.05) is 38.9 Å². The van der Waals surface area contributed by atoms with Crippen LogP contribution in [0.15, 0.2) is 176 Å². The van der Waals surface area contributed by atoms with Gasteiger partial charge in [0.15, 0.2) is 0 Å². The van der Waals surface area contributed by atoms with E-state index < -0.39 is 0 Å². The molecule has 1 aliphatic carbocycles. The molecule has 1 aliphatic rings. The highest BCUT2D eigenvalue weighted by molar-refractivity contribution is 6.10. The van der Waals surface area contributed by atoms with E-state index in [2.05, 4.69) is 220 Å². The fraction of sp³-hybridized carbons (Fsp3) is 0.392. The molecule has 1 heterocycles. The number of nitrogens with zero attached hydrogens (tertiary/aromatic N) is 2. The van der Waals surface area contributed by atoms with Crippen LogP contribution in [0.3, 0.4) is 0 Å². The maximum atomic E-state index is 2.62. The highest BCUT2D eigenvalue weighted by Crippen LogP contribution is 2.55. The fourth-order valence-electron chi connectivity index (χ4n) is 13.7. The lowest BCUT2D eigenvalue weighted by Crippen LogP contribution is -2.25. The summed E-state index contributed by atoms with van der Waals surface area (Å²) in [4.78, 5) is 2.42. The molecule has 0 amide bonds. The molecule has 81 heavy (non-hydrogen) atoms. The van der Waals surface area contributed by atoms with E-state index >= 15 is 0 Å². The Bertz CT molecular complexity index is 3370. The molecular weight excluding hydrogens is 977 g/mol. The first-order valence-electron chi connectivity index (χ1n) is 32.4. The quantitative estimate of drug-likeness (QED) is 0.0393. The molecule has 0 saturated carbocycles. The van der Waals surface area contributed by atoms with E-state index in [0.717, 1.165) is 23.5 Å². The van der Waals surface area contributed by atoms with Gasteiger partial charge >= 0.3 is 0 Å². The molecule has 1 aromatic heterocycles. The number of hydrogen-bond donors (Lipinski definition) is 0. The van der Waals surface area contributed by atoms with Gasteiger partial charge in [-0.15, -0.1) is 0 Å². The summed E-state index contributed by atoms with van der Waals surface area (Å²) in [7, 11) is 0. The van der Waals surface area contributed by atoms with Gasteiger partial charge in [0.05, 0.1) is 11.0 Å². The summed E-state index contributed by atoms with van der Waals surface area (Å²) in [6.07, 6.45) is 33.3. The van der Waals surface area contributed by atoms with Crippen LogP contribution >= 0.6 is 0 Å². The molecule has 0 aliphatic heterocycles. The van der Waals surface area contributed by atoms with Gasteiger partial charge in [-0.05, 0) is 162 Å². The van der Waals surface area contributed by atoms with Crippen LogP contribution in [0.25, 0.3) is 60.9 Å². The molecule has 420 valence electrons. The summed E-state index contributed by atoms with van der Waals surface area (Å²) >= 11 is 0. The Labute approximate surface area is 489 Å². The van der Waals surface area contributed by atoms with Crippen LogP contribution in [0.2, 0.25) is 0 Å². The number of benzene rings is 8. The van der Waals surface area contributed by atoms with Crippen LogP contribution in [-0.4, -0.2) is 4.57 Å².